The first-order chi connectivity index (χ1) is 16.4. The maximum atomic E-state index is 12.7. The number of aromatic amines is 1. The van der Waals surface area contributed by atoms with Crippen molar-refractivity contribution in [3.8, 4) is 11.1 Å². The number of carboxylic acids is 1. The van der Waals surface area contributed by atoms with Crippen molar-refractivity contribution in [2.45, 2.75) is 32.2 Å². The van der Waals surface area contributed by atoms with Gasteiger partial charge >= 0.3 is 12.1 Å². The molecule has 1 amide bonds. The van der Waals surface area contributed by atoms with Gasteiger partial charge in [-0.25, -0.2) is 9.59 Å². The molecule has 6 nitrogen and oxygen atoms in total. The van der Waals surface area contributed by atoms with Crippen LogP contribution >= 0.6 is 0 Å². The van der Waals surface area contributed by atoms with E-state index in [-0.39, 0.29) is 18.9 Å². The Hall–Kier alpha value is -4.06. The van der Waals surface area contributed by atoms with E-state index < -0.39 is 18.1 Å². The number of amides is 1. The van der Waals surface area contributed by atoms with Gasteiger partial charge in [0.1, 0.15) is 12.6 Å². The first-order valence-corrected chi connectivity index (χ1v) is 11.3. The number of carbonyl (C=O) groups excluding carboxylic acids is 1. The van der Waals surface area contributed by atoms with Gasteiger partial charge in [0.2, 0.25) is 0 Å². The average Bonchev–Trinajstić information content (AvgIpc) is 3.30. The molecule has 3 aromatic carbocycles. The normalized spacial score (nSPS) is 13.4. The molecule has 1 aromatic heterocycles. The number of aromatic nitrogens is 1. The summed E-state index contributed by atoms with van der Waals surface area (Å²) in [5, 5.41) is 13.3. The highest BCUT2D eigenvalue weighted by molar-refractivity contribution is 5.87. The second kappa shape index (κ2) is 8.71. The van der Waals surface area contributed by atoms with Crippen molar-refractivity contribution in [3.63, 3.8) is 0 Å². The summed E-state index contributed by atoms with van der Waals surface area (Å²) < 4.78 is 5.55. The zero-order chi connectivity index (χ0) is 23.8. The number of aryl methyl sites for hydroxylation is 2. The van der Waals surface area contributed by atoms with Crippen molar-refractivity contribution in [1.82, 2.24) is 10.3 Å². The number of H-pyrrole nitrogens is 1. The molecule has 0 radical (unpaired) electrons. The molecule has 1 aliphatic carbocycles. The molecule has 0 saturated carbocycles. The van der Waals surface area contributed by atoms with E-state index in [9.17, 15) is 14.7 Å². The van der Waals surface area contributed by atoms with Crippen LogP contribution in [-0.2, 0) is 16.0 Å². The third kappa shape index (κ3) is 3.92. The molecule has 0 bridgehead atoms. The number of alkyl carbamates (subject to hydrolysis) is 1. The Balaban J connectivity index is 1.30. The third-order valence-electron chi connectivity index (χ3n) is 6.62. The Kier molecular flexibility index (Phi) is 5.57. The molecule has 0 spiro atoms. The summed E-state index contributed by atoms with van der Waals surface area (Å²) in [4.78, 5) is 27.9. The van der Waals surface area contributed by atoms with Crippen LogP contribution < -0.4 is 5.32 Å². The monoisotopic (exact) mass is 454 g/mol. The summed E-state index contributed by atoms with van der Waals surface area (Å²) in [7, 11) is 0. The summed E-state index contributed by atoms with van der Waals surface area (Å²) in [5.74, 6) is -1.19. The lowest BCUT2D eigenvalue weighted by molar-refractivity contribution is -0.139. The molecule has 1 unspecified atom stereocenters. The first-order valence-electron chi connectivity index (χ1n) is 11.3. The topological polar surface area (TPSA) is 91.4 Å². The number of hydrogen-bond acceptors (Lipinski definition) is 3. The fourth-order valence-corrected chi connectivity index (χ4v) is 4.95. The highest BCUT2D eigenvalue weighted by atomic mass is 16.5. The number of ether oxygens (including phenoxy) is 1. The molecule has 172 valence electrons. The van der Waals surface area contributed by atoms with Crippen molar-refractivity contribution in [2.75, 3.05) is 6.61 Å². The van der Waals surface area contributed by atoms with E-state index in [1.54, 1.807) is 0 Å². The van der Waals surface area contributed by atoms with Gasteiger partial charge in [-0.05, 0) is 53.3 Å². The second-order valence-corrected chi connectivity index (χ2v) is 8.84. The van der Waals surface area contributed by atoms with Crippen LogP contribution in [0.25, 0.3) is 22.0 Å². The third-order valence-corrected chi connectivity index (χ3v) is 6.62. The second-order valence-electron chi connectivity index (χ2n) is 8.84. The number of rotatable bonds is 6. The number of fused-ring (bicyclic) bond motifs is 4. The molecule has 34 heavy (non-hydrogen) atoms. The Morgan fingerprint density at radius 1 is 1.00 bits per heavy atom. The van der Waals surface area contributed by atoms with Crippen LogP contribution in [0.1, 0.15) is 33.9 Å². The van der Waals surface area contributed by atoms with Crippen molar-refractivity contribution in [2.24, 2.45) is 0 Å². The van der Waals surface area contributed by atoms with Crippen molar-refractivity contribution in [3.05, 3.63) is 94.7 Å². The summed E-state index contributed by atoms with van der Waals surface area (Å²) >= 11 is 0. The van der Waals surface area contributed by atoms with Gasteiger partial charge in [-0.15, -0.1) is 0 Å². The minimum Gasteiger partial charge on any atom is -0.480 e. The van der Waals surface area contributed by atoms with Gasteiger partial charge in [-0.2, -0.15) is 0 Å². The van der Waals surface area contributed by atoms with Gasteiger partial charge in [-0.1, -0.05) is 60.7 Å². The van der Waals surface area contributed by atoms with E-state index >= 15 is 0 Å². The quantitative estimate of drug-likeness (QED) is 0.368. The SMILES string of the molecule is Cc1ccc2c(CC(NC(=O)OCC3c4ccccc4-c4ccccc43)C(=O)O)c(C)[nH]c2c1. The Morgan fingerprint density at radius 3 is 2.29 bits per heavy atom. The Bertz CT molecular complexity index is 1360. The number of nitrogens with one attached hydrogen (secondary N) is 2. The van der Waals surface area contributed by atoms with E-state index in [1.165, 1.54) is 0 Å². The van der Waals surface area contributed by atoms with Gasteiger partial charge in [0.25, 0.3) is 0 Å². The lowest BCUT2D eigenvalue weighted by Gasteiger charge is -2.17. The fraction of sp³-hybridized carbons (Fsp3) is 0.214. The van der Waals surface area contributed by atoms with Crippen LogP contribution in [0.15, 0.2) is 66.7 Å². The maximum absolute atomic E-state index is 12.7. The van der Waals surface area contributed by atoms with Gasteiger partial charge < -0.3 is 20.1 Å². The van der Waals surface area contributed by atoms with Crippen LogP contribution in [0.2, 0.25) is 0 Å². The summed E-state index contributed by atoms with van der Waals surface area (Å²) in [6, 6.07) is 21.1. The van der Waals surface area contributed by atoms with Gasteiger partial charge in [0.15, 0.2) is 0 Å². The summed E-state index contributed by atoms with van der Waals surface area (Å²) in [5.41, 5.74) is 8.33. The lowest BCUT2D eigenvalue weighted by Crippen LogP contribution is -2.43. The van der Waals surface area contributed by atoms with E-state index in [0.29, 0.717) is 0 Å². The van der Waals surface area contributed by atoms with Gasteiger partial charge in [0, 0.05) is 28.9 Å². The molecule has 6 heteroatoms. The van der Waals surface area contributed by atoms with E-state index in [0.717, 1.165) is 50.0 Å². The first kappa shape index (κ1) is 21.8. The molecule has 0 aliphatic heterocycles. The van der Waals surface area contributed by atoms with Crippen LogP contribution in [-0.4, -0.2) is 34.8 Å². The highest BCUT2D eigenvalue weighted by Gasteiger charge is 2.30. The van der Waals surface area contributed by atoms with Gasteiger partial charge in [0.05, 0.1) is 0 Å². The smallest absolute Gasteiger partial charge is 0.407 e. The molecule has 1 aliphatic rings. The van der Waals surface area contributed by atoms with E-state index in [4.69, 9.17) is 4.74 Å². The number of benzene rings is 3. The summed E-state index contributed by atoms with van der Waals surface area (Å²) in [6.45, 7) is 4.06. The maximum Gasteiger partial charge on any atom is 0.407 e. The number of carbonyl (C=O) groups is 2. The van der Waals surface area contributed by atoms with Crippen molar-refractivity contribution >= 4 is 23.0 Å². The van der Waals surface area contributed by atoms with E-state index in [2.05, 4.69) is 22.4 Å². The summed E-state index contributed by atoms with van der Waals surface area (Å²) in [6.07, 6.45) is -0.573. The van der Waals surface area contributed by atoms with Crippen molar-refractivity contribution < 1.29 is 19.4 Å². The lowest BCUT2D eigenvalue weighted by atomic mass is 9.98. The Morgan fingerprint density at radius 2 is 1.65 bits per heavy atom. The predicted molar refractivity (Wildman–Crippen MR) is 131 cm³/mol. The zero-order valence-electron chi connectivity index (χ0n) is 19.1. The molecular weight excluding hydrogens is 428 g/mol. The van der Waals surface area contributed by atoms with Crippen LogP contribution in [0, 0.1) is 13.8 Å². The van der Waals surface area contributed by atoms with Crippen LogP contribution in [0.3, 0.4) is 0 Å². The molecule has 5 rings (SSSR count). The average molecular weight is 455 g/mol. The minimum absolute atomic E-state index is 0.0828. The van der Waals surface area contributed by atoms with Crippen LogP contribution in [0.4, 0.5) is 4.79 Å². The number of aliphatic carboxylic acids is 1. The number of carboxylic acid groups (broad SMARTS) is 1. The van der Waals surface area contributed by atoms with Crippen molar-refractivity contribution in [1.29, 1.82) is 0 Å². The number of hydrogen-bond donors (Lipinski definition) is 3. The molecule has 0 saturated heterocycles. The van der Waals surface area contributed by atoms with E-state index in [1.807, 2.05) is 68.4 Å². The molecular formula is C28H26N2O4. The molecule has 0 fully saturated rings. The highest BCUT2D eigenvalue weighted by Crippen LogP contribution is 2.44. The predicted octanol–water partition coefficient (Wildman–Crippen LogP) is 5.32. The largest absolute Gasteiger partial charge is 0.480 e. The minimum atomic E-state index is -1.10. The molecule has 3 N–H and O–H groups in total. The molecule has 1 heterocycles. The van der Waals surface area contributed by atoms with Crippen LogP contribution in [0.5, 0.6) is 0 Å². The van der Waals surface area contributed by atoms with Gasteiger partial charge in [-0.3, -0.25) is 0 Å². The fourth-order valence-electron chi connectivity index (χ4n) is 4.95. The Labute approximate surface area is 197 Å². The molecule has 1 atom stereocenters. The standard InChI is InChI=1S/C28H26N2O4/c1-16-11-12-22-23(17(2)29-25(22)13-16)14-26(27(31)32)30-28(33)34-15-24-20-9-5-3-7-18(20)19-8-4-6-10-21(19)24/h3-13,24,26,29H,14-15H2,1-2H3,(H,30,33)(H,31,32). The molecule has 4 aromatic rings. The zero-order valence-corrected chi connectivity index (χ0v) is 19.1.